The molecule has 0 aromatic heterocycles. The minimum Gasteiger partial charge on any atom is -0.493 e. The van der Waals surface area contributed by atoms with Crippen molar-refractivity contribution in [2.45, 2.75) is 51.7 Å². The number of unbranched alkanes of at least 4 members (excludes halogenated alkanes) is 1. The van der Waals surface area contributed by atoms with Gasteiger partial charge in [0.1, 0.15) is 5.75 Å². The first-order valence-corrected chi connectivity index (χ1v) is 7.33. The summed E-state index contributed by atoms with van der Waals surface area (Å²) >= 11 is 0. The first-order valence-electron chi connectivity index (χ1n) is 7.33. The number of rotatable bonds is 5. The fourth-order valence-corrected chi connectivity index (χ4v) is 2.58. The third-order valence-corrected chi connectivity index (χ3v) is 3.67. The molecule has 1 aliphatic rings. The van der Waals surface area contributed by atoms with Crippen molar-refractivity contribution in [2.75, 3.05) is 6.61 Å². The second-order valence-electron chi connectivity index (χ2n) is 5.35. The van der Waals surface area contributed by atoms with Crippen molar-refractivity contribution < 1.29 is 14.6 Å². The lowest BCUT2D eigenvalue weighted by atomic mass is 9.95. The van der Waals surface area contributed by atoms with Gasteiger partial charge in [-0.25, -0.2) is 0 Å². The highest BCUT2D eigenvalue weighted by Crippen LogP contribution is 2.34. The molecule has 4 heteroatoms. The van der Waals surface area contributed by atoms with E-state index in [-0.39, 0.29) is 11.9 Å². The standard InChI is InChI=1S/C16H23NO3/c1-3-4-5-15(19)12-6-7-16-13(10-12)14(8-9-20-16)17-11(2)18/h6-7,10,14-15,19H,3-5,8-9H2,1-2H3,(H,17,18). The largest absolute Gasteiger partial charge is 0.493 e. The second-order valence-corrected chi connectivity index (χ2v) is 5.35. The van der Waals surface area contributed by atoms with Crippen molar-refractivity contribution in [1.29, 1.82) is 0 Å². The van der Waals surface area contributed by atoms with Gasteiger partial charge in [-0.2, -0.15) is 0 Å². The fraction of sp³-hybridized carbons (Fsp3) is 0.562. The summed E-state index contributed by atoms with van der Waals surface area (Å²) in [4.78, 5) is 11.3. The Kier molecular flexibility index (Phi) is 5.01. The average molecular weight is 277 g/mol. The normalized spacial score (nSPS) is 18.9. The van der Waals surface area contributed by atoms with E-state index in [4.69, 9.17) is 4.74 Å². The number of amides is 1. The van der Waals surface area contributed by atoms with Crippen molar-refractivity contribution >= 4 is 5.91 Å². The molecule has 4 nitrogen and oxygen atoms in total. The van der Waals surface area contributed by atoms with Crippen LogP contribution >= 0.6 is 0 Å². The third-order valence-electron chi connectivity index (χ3n) is 3.67. The zero-order chi connectivity index (χ0) is 14.5. The fourth-order valence-electron chi connectivity index (χ4n) is 2.58. The Labute approximate surface area is 120 Å². The number of ether oxygens (including phenoxy) is 1. The van der Waals surface area contributed by atoms with Crippen molar-refractivity contribution in [1.82, 2.24) is 5.32 Å². The molecule has 2 unspecified atom stereocenters. The zero-order valence-corrected chi connectivity index (χ0v) is 12.2. The van der Waals surface area contributed by atoms with Crippen LogP contribution in [0.2, 0.25) is 0 Å². The van der Waals surface area contributed by atoms with E-state index in [9.17, 15) is 9.90 Å². The van der Waals surface area contributed by atoms with Crippen LogP contribution in [-0.4, -0.2) is 17.6 Å². The number of hydrogen-bond donors (Lipinski definition) is 2. The van der Waals surface area contributed by atoms with Crippen LogP contribution in [0.4, 0.5) is 0 Å². The molecule has 0 saturated heterocycles. The van der Waals surface area contributed by atoms with Crippen LogP contribution in [0.25, 0.3) is 0 Å². The van der Waals surface area contributed by atoms with Crippen LogP contribution in [-0.2, 0) is 4.79 Å². The predicted octanol–water partition coefficient (Wildman–Crippen LogP) is 2.87. The summed E-state index contributed by atoms with van der Waals surface area (Å²) in [6.07, 6.45) is 3.16. The van der Waals surface area contributed by atoms with Gasteiger partial charge in [-0.3, -0.25) is 4.79 Å². The summed E-state index contributed by atoms with van der Waals surface area (Å²) in [5.41, 5.74) is 1.87. The van der Waals surface area contributed by atoms with E-state index >= 15 is 0 Å². The van der Waals surface area contributed by atoms with E-state index in [0.29, 0.717) is 6.61 Å². The molecule has 1 aromatic rings. The smallest absolute Gasteiger partial charge is 0.217 e. The molecule has 0 fully saturated rings. The van der Waals surface area contributed by atoms with E-state index in [1.165, 1.54) is 6.92 Å². The van der Waals surface area contributed by atoms with Gasteiger partial charge in [0, 0.05) is 18.9 Å². The summed E-state index contributed by atoms with van der Waals surface area (Å²) in [7, 11) is 0. The molecule has 110 valence electrons. The summed E-state index contributed by atoms with van der Waals surface area (Å²) in [6.45, 7) is 4.24. The monoisotopic (exact) mass is 277 g/mol. The molecule has 0 saturated carbocycles. The van der Waals surface area contributed by atoms with Crippen LogP contribution in [0.15, 0.2) is 18.2 Å². The Hall–Kier alpha value is -1.55. The molecule has 1 amide bonds. The van der Waals surface area contributed by atoms with Gasteiger partial charge in [-0.05, 0) is 24.1 Å². The highest BCUT2D eigenvalue weighted by molar-refractivity contribution is 5.73. The Morgan fingerprint density at radius 2 is 2.35 bits per heavy atom. The molecule has 2 rings (SSSR count). The van der Waals surface area contributed by atoms with E-state index in [0.717, 1.165) is 42.6 Å². The predicted molar refractivity (Wildman–Crippen MR) is 77.6 cm³/mol. The highest BCUT2D eigenvalue weighted by atomic mass is 16.5. The Morgan fingerprint density at radius 3 is 3.05 bits per heavy atom. The molecule has 1 aliphatic heterocycles. The molecule has 0 radical (unpaired) electrons. The number of carbonyl (C=O) groups is 1. The number of aliphatic hydroxyl groups is 1. The number of nitrogens with one attached hydrogen (secondary N) is 1. The summed E-state index contributed by atoms with van der Waals surface area (Å²) < 4.78 is 5.62. The van der Waals surface area contributed by atoms with Gasteiger partial charge in [-0.15, -0.1) is 0 Å². The van der Waals surface area contributed by atoms with Gasteiger partial charge in [0.05, 0.1) is 18.8 Å². The van der Waals surface area contributed by atoms with Gasteiger partial charge >= 0.3 is 0 Å². The summed E-state index contributed by atoms with van der Waals surface area (Å²) in [5, 5.41) is 13.1. The number of hydrogen-bond acceptors (Lipinski definition) is 3. The average Bonchev–Trinajstić information content (AvgIpc) is 2.44. The Balaban J connectivity index is 2.20. The lowest BCUT2D eigenvalue weighted by Crippen LogP contribution is -2.30. The van der Waals surface area contributed by atoms with Gasteiger partial charge in [0.2, 0.25) is 5.91 Å². The maximum absolute atomic E-state index is 11.3. The maximum atomic E-state index is 11.3. The van der Waals surface area contributed by atoms with E-state index < -0.39 is 6.10 Å². The van der Waals surface area contributed by atoms with Crippen molar-refractivity contribution in [3.05, 3.63) is 29.3 Å². The third kappa shape index (κ3) is 3.51. The minimum absolute atomic E-state index is 0.0189. The lowest BCUT2D eigenvalue weighted by Gasteiger charge is -2.27. The first-order chi connectivity index (χ1) is 9.61. The van der Waals surface area contributed by atoms with Crippen LogP contribution in [0.3, 0.4) is 0 Å². The van der Waals surface area contributed by atoms with Crippen LogP contribution in [0.5, 0.6) is 5.75 Å². The van der Waals surface area contributed by atoms with Gasteiger partial charge < -0.3 is 15.2 Å². The second kappa shape index (κ2) is 6.75. The van der Waals surface area contributed by atoms with E-state index in [1.54, 1.807) is 0 Å². The molecule has 20 heavy (non-hydrogen) atoms. The van der Waals surface area contributed by atoms with Crippen LogP contribution in [0, 0.1) is 0 Å². The number of carbonyl (C=O) groups excluding carboxylic acids is 1. The van der Waals surface area contributed by atoms with Gasteiger partial charge in [0.15, 0.2) is 0 Å². The Bertz CT molecular complexity index is 473. The first kappa shape index (κ1) is 14.9. The molecular formula is C16H23NO3. The van der Waals surface area contributed by atoms with E-state index in [1.807, 2.05) is 18.2 Å². The summed E-state index contributed by atoms with van der Waals surface area (Å²) in [5.74, 6) is 0.765. The zero-order valence-electron chi connectivity index (χ0n) is 12.2. The number of aliphatic hydroxyl groups excluding tert-OH is 1. The van der Waals surface area contributed by atoms with Crippen molar-refractivity contribution in [3.8, 4) is 5.75 Å². The maximum Gasteiger partial charge on any atom is 0.217 e. The molecule has 2 N–H and O–H groups in total. The van der Waals surface area contributed by atoms with Gasteiger partial charge in [-0.1, -0.05) is 25.8 Å². The molecular weight excluding hydrogens is 254 g/mol. The minimum atomic E-state index is -0.444. The van der Waals surface area contributed by atoms with Crippen molar-refractivity contribution in [2.24, 2.45) is 0 Å². The number of benzene rings is 1. The van der Waals surface area contributed by atoms with Crippen LogP contribution in [0.1, 0.15) is 62.8 Å². The summed E-state index contributed by atoms with van der Waals surface area (Å²) in [6, 6.07) is 5.76. The molecule has 0 aliphatic carbocycles. The topological polar surface area (TPSA) is 58.6 Å². The molecule has 1 heterocycles. The Morgan fingerprint density at radius 1 is 1.55 bits per heavy atom. The molecule has 0 bridgehead atoms. The molecule has 2 atom stereocenters. The number of fused-ring (bicyclic) bond motifs is 1. The van der Waals surface area contributed by atoms with Crippen LogP contribution < -0.4 is 10.1 Å². The molecule has 1 aromatic carbocycles. The lowest BCUT2D eigenvalue weighted by molar-refractivity contribution is -0.119. The molecule has 0 spiro atoms. The van der Waals surface area contributed by atoms with Gasteiger partial charge in [0.25, 0.3) is 0 Å². The quantitative estimate of drug-likeness (QED) is 0.870. The van der Waals surface area contributed by atoms with E-state index in [2.05, 4.69) is 12.2 Å². The van der Waals surface area contributed by atoms with Crippen molar-refractivity contribution in [3.63, 3.8) is 0 Å². The highest BCUT2D eigenvalue weighted by Gasteiger charge is 2.23. The SMILES string of the molecule is CCCCC(O)c1ccc2c(c1)C(NC(C)=O)CCO2.